The first-order valence-corrected chi connectivity index (χ1v) is 8.22. The summed E-state index contributed by atoms with van der Waals surface area (Å²) in [6, 6.07) is 6.95. The van der Waals surface area contributed by atoms with Crippen molar-refractivity contribution < 1.29 is 14.3 Å². The number of esters is 1. The minimum atomic E-state index is -0.499. The van der Waals surface area contributed by atoms with Crippen LogP contribution in [0.3, 0.4) is 0 Å². The molecule has 2 heterocycles. The van der Waals surface area contributed by atoms with Gasteiger partial charge in [0, 0.05) is 19.8 Å². The summed E-state index contributed by atoms with van der Waals surface area (Å²) in [4.78, 5) is 17.1. The highest BCUT2D eigenvalue weighted by Gasteiger charge is 2.26. The topological polar surface area (TPSA) is 47.9 Å². The summed E-state index contributed by atoms with van der Waals surface area (Å²) in [7, 11) is 1.53. The lowest BCUT2D eigenvalue weighted by atomic mass is 10.2. The van der Waals surface area contributed by atoms with Crippen molar-refractivity contribution in [2.24, 2.45) is 4.99 Å². The first-order chi connectivity index (χ1) is 10.6. The summed E-state index contributed by atoms with van der Waals surface area (Å²) < 4.78 is 11.4. The quantitative estimate of drug-likeness (QED) is 0.564. The molecule has 0 saturated heterocycles. The molecule has 0 N–H and O–H groups in total. The number of carbonyl (C=O) groups is 1. The molecule has 1 aromatic heterocycles. The van der Waals surface area contributed by atoms with Gasteiger partial charge in [0.1, 0.15) is 5.75 Å². The van der Waals surface area contributed by atoms with E-state index in [1.165, 1.54) is 18.4 Å². The van der Waals surface area contributed by atoms with Crippen molar-refractivity contribution >= 4 is 56.8 Å². The van der Waals surface area contributed by atoms with E-state index in [4.69, 9.17) is 21.1 Å². The van der Waals surface area contributed by atoms with Crippen LogP contribution in [0, 0.1) is 0 Å². The fraction of sp³-hybridized carbons (Fsp3) is 0.0667. The van der Waals surface area contributed by atoms with Crippen molar-refractivity contribution in [1.82, 2.24) is 0 Å². The second-order valence-corrected chi connectivity index (χ2v) is 6.64. The van der Waals surface area contributed by atoms with Gasteiger partial charge in [-0.2, -0.15) is 0 Å². The molecule has 22 heavy (non-hydrogen) atoms. The number of hydrogen-bond acceptors (Lipinski definition) is 5. The summed E-state index contributed by atoms with van der Waals surface area (Å²) in [5, 5.41) is 2.44. The maximum absolute atomic E-state index is 12.0. The van der Waals surface area contributed by atoms with Crippen LogP contribution in [0.5, 0.6) is 5.75 Å². The van der Waals surface area contributed by atoms with Crippen molar-refractivity contribution in [3.63, 3.8) is 0 Å². The zero-order chi connectivity index (χ0) is 15.7. The minimum absolute atomic E-state index is 0.186. The maximum Gasteiger partial charge on any atom is 0.363 e. The molecule has 4 nitrogen and oxygen atoms in total. The van der Waals surface area contributed by atoms with Gasteiger partial charge in [0.15, 0.2) is 5.70 Å². The van der Waals surface area contributed by atoms with Gasteiger partial charge in [-0.15, -0.1) is 11.3 Å². The van der Waals surface area contributed by atoms with E-state index >= 15 is 0 Å². The van der Waals surface area contributed by atoms with Crippen LogP contribution in [0.2, 0.25) is 5.02 Å². The van der Waals surface area contributed by atoms with Gasteiger partial charge in [-0.25, -0.2) is 9.79 Å². The number of ether oxygens (including phenoxy) is 2. The molecule has 7 heteroatoms. The zero-order valence-corrected chi connectivity index (χ0v) is 14.5. The SMILES string of the molecule is COc1ccc(Cl)cc1C1=NC(=Cc2cc(Br)cs2)C(=O)O1. The molecule has 0 radical (unpaired) electrons. The van der Waals surface area contributed by atoms with E-state index in [-0.39, 0.29) is 11.6 Å². The number of carbonyl (C=O) groups excluding carboxylic acids is 1. The first-order valence-electron chi connectivity index (χ1n) is 6.17. The van der Waals surface area contributed by atoms with Gasteiger partial charge >= 0.3 is 5.97 Å². The van der Waals surface area contributed by atoms with Gasteiger partial charge in [-0.05, 0) is 46.3 Å². The molecule has 2 aromatic rings. The Kier molecular flexibility index (Phi) is 4.33. The Balaban J connectivity index is 2.00. The lowest BCUT2D eigenvalue weighted by molar-refractivity contribution is -0.129. The third kappa shape index (κ3) is 3.09. The second-order valence-electron chi connectivity index (χ2n) is 4.35. The highest BCUT2D eigenvalue weighted by Crippen LogP contribution is 2.29. The normalized spacial score (nSPS) is 15.9. The molecule has 3 rings (SSSR count). The molecule has 0 unspecified atom stereocenters. The first kappa shape index (κ1) is 15.3. The molecule has 1 aromatic carbocycles. The fourth-order valence-electron chi connectivity index (χ4n) is 1.91. The molecule has 0 fully saturated rings. The predicted molar refractivity (Wildman–Crippen MR) is 90.6 cm³/mol. The molecule has 0 spiro atoms. The van der Waals surface area contributed by atoms with Crippen molar-refractivity contribution in [2.75, 3.05) is 7.11 Å². The largest absolute Gasteiger partial charge is 0.496 e. The van der Waals surface area contributed by atoms with Crippen LogP contribution in [0.25, 0.3) is 6.08 Å². The molecule has 0 bridgehead atoms. The van der Waals surface area contributed by atoms with Gasteiger partial charge in [-0.1, -0.05) is 11.6 Å². The molecular weight excluding hydrogens is 390 g/mol. The average molecular weight is 399 g/mol. The smallest absolute Gasteiger partial charge is 0.363 e. The van der Waals surface area contributed by atoms with E-state index in [2.05, 4.69) is 20.9 Å². The van der Waals surface area contributed by atoms with E-state index in [9.17, 15) is 4.79 Å². The number of halogens is 2. The Morgan fingerprint density at radius 3 is 2.91 bits per heavy atom. The van der Waals surface area contributed by atoms with Crippen LogP contribution < -0.4 is 4.74 Å². The summed E-state index contributed by atoms with van der Waals surface area (Å²) in [6.07, 6.45) is 1.68. The van der Waals surface area contributed by atoms with Crippen molar-refractivity contribution in [2.45, 2.75) is 0 Å². The monoisotopic (exact) mass is 397 g/mol. The van der Waals surface area contributed by atoms with Crippen molar-refractivity contribution in [3.8, 4) is 5.75 Å². The lowest BCUT2D eigenvalue weighted by Gasteiger charge is -2.07. The Hall–Kier alpha value is -1.63. The molecule has 112 valence electrons. The third-order valence-electron chi connectivity index (χ3n) is 2.88. The van der Waals surface area contributed by atoms with Crippen LogP contribution in [0.4, 0.5) is 0 Å². The van der Waals surface area contributed by atoms with Gasteiger partial charge in [0.25, 0.3) is 0 Å². The van der Waals surface area contributed by atoms with Crippen molar-refractivity contribution in [3.05, 3.63) is 55.3 Å². The fourth-order valence-corrected chi connectivity index (χ4v) is 3.45. The van der Waals surface area contributed by atoms with E-state index < -0.39 is 5.97 Å². The molecule has 1 aliphatic rings. The van der Waals surface area contributed by atoms with Crippen LogP contribution in [-0.2, 0) is 9.53 Å². The second kappa shape index (κ2) is 6.24. The van der Waals surface area contributed by atoms with E-state index in [0.717, 1.165) is 9.35 Å². The van der Waals surface area contributed by atoms with Gasteiger partial charge in [-0.3, -0.25) is 0 Å². The van der Waals surface area contributed by atoms with Crippen LogP contribution >= 0.6 is 38.9 Å². The Morgan fingerprint density at radius 1 is 1.41 bits per heavy atom. The lowest BCUT2D eigenvalue weighted by Crippen LogP contribution is -2.07. The number of nitrogens with zero attached hydrogens (tertiary/aromatic N) is 1. The van der Waals surface area contributed by atoms with E-state index in [1.807, 2.05) is 11.4 Å². The van der Waals surface area contributed by atoms with Crippen molar-refractivity contribution in [1.29, 1.82) is 0 Å². The summed E-state index contributed by atoms with van der Waals surface area (Å²) in [5.74, 6) is 0.226. The Bertz CT molecular complexity index is 813. The minimum Gasteiger partial charge on any atom is -0.496 e. The Morgan fingerprint density at radius 2 is 2.23 bits per heavy atom. The van der Waals surface area contributed by atoms with E-state index in [0.29, 0.717) is 16.3 Å². The number of rotatable bonds is 3. The summed E-state index contributed by atoms with van der Waals surface area (Å²) in [6.45, 7) is 0. The number of methoxy groups -OCH3 is 1. The van der Waals surface area contributed by atoms with Gasteiger partial charge in [0.2, 0.25) is 5.90 Å². The highest BCUT2D eigenvalue weighted by molar-refractivity contribution is 9.10. The maximum atomic E-state index is 12.0. The number of aliphatic imine (C=N–C) groups is 1. The Labute approximate surface area is 144 Å². The predicted octanol–water partition coefficient (Wildman–Crippen LogP) is 4.52. The molecular formula is C15H9BrClNO3S. The van der Waals surface area contributed by atoms with Gasteiger partial charge in [0.05, 0.1) is 12.7 Å². The molecule has 1 aliphatic heterocycles. The van der Waals surface area contributed by atoms with E-state index in [1.54, 1.807) is 24.3 Å². The van der Waals surface area contributed by atoms with Crippen LogP contribution in [0.1, 0.15) is 10.4 Å². The molecule has 0 atom stereocenters. The summed E-state index contributed by atoms with van der Waals surface area (Å²) in [5.41, 5.74) is 0.783. The van der Waals surface area contributed by atoms with Crippen LogP contribution in [0.15, 0.2) is 44.8 Å². The van der Waals surface area contributed by atoms with Crippen LogP contribution in [-0.4, -0.2) is 19.0 Å². The third-order valence-corrected chi connectivity index (χ3v) is 4.75. The highest BCUT2D eigenvalue weighted by atomic mass is 79.9. The number of cyclic esters (lactones) is 1. The number of hydrogen-bond donors (Lipinski definition) is 0. The molecule has 0 amide bonds. The standard InChI is InChI=1S/C15H9BrClNO3S/c1-20-13-3-2-9(17)5-11(13)14-18-12(15(19)21-14)6-10-4-8(16)7-22-10/h2-7H,1H3. The zero-order valence-electron chi connectivity index (χ0n) is 11.3. The van der Waals surface area contributed by atoms with Gasteiger partial charge < -0.3 is 9.47 Å². The summed E-state index contributed by atoms with van der Waals surface area (Å²) >= 11 is 10.9. The average Bonchev–Trinajstić information content (AvgIpc) is 3.06. The molecule has 0 saturated carbocycles. The molecule has 0 aliphatic carbocycles. The number of benzene rings is 1. The number of thiophene rings is 1.